The van der Waals surface area contributed by atoms with Gasteiger partial charge in [0.1, 0.15) is 0 Å². The van der Waals surface area contributed by atoms with Gasteiger partial charge in [0.2, 0.25) is 0 Å². The number of hydrogen-bond donors (Lipinski definition) is 0. The molecule has 0 bridgehead atoms. The van der Waals surface area contributed by atoms with Crippen LogP contribution in [-0.2, 0) is 6.42 Å². The second-order valence-corrected chi connectivity index (χ2v) is 11.4. The summed E-state index contributed by atoms with van der Waals surface area (Å²) < 4.78 is 72.7. The predicted octanol–water partition coefficient (Wildman–Crippen LogP) is 12.4. The smallest absolute Gasteiger partial charge is 0.0616 e. The van der Waals surface area contributed by atoms with E-state index in [1.807, 2.05) is 97.1 Å². The van der Waals surface area contributed by atoms with Gasteiger partial charge in [-0.25, -0.2) is 0 Å². The molecule has 0 unspecified atom stereocenters. The van der Waals surface area contributed by atoms with Crippen LogP contribution >= 0.6 is 0 Å². The van der Waals surface area contributed by atoms with Gasteiger partial charge in [-0.2, -0.15) is 0 Å². The predicted molar refractivity (Wildman–Crippen MR) is 194 cm³/mol. The van der Waals surface area contributed by atoms with Crippen molar-refractivity contribution in [2.75, 3.05) is 0 Å². The molecular weight excluding hydrogens is 540 g/mol. The number of rotatable bonds is 4. The molecule has 9 aromatic carbocycles. The van der Waals surface area contributed by atoms with E-state index in [4.69, 9.17) is 5.48 Å². The molecule has 0 radical (unpaired) electrons. The maximum absolute atomic E-state index is 9.37. The summed E-state index contributed by atoms with van der Waals surface area (Å²) in [5, 5.41) is 7.12. The van der Waals surface area contributed by atoms with Gasteiger partial charge in [-0.05, 0) is 99.7 Å². The fourth-order valence-corrected chi connectivity index (χ4v) is 6.96. The molecule has 0 heteroatoms. The van der Waals surface area contributed by atoms with Gasteiger partial charge in [0.15, 0.2) is 0 Å². The highest BCUT2D eigenvalue weighted by Crippen LogP contribution is 2.42. The van der Waals surface area contributed by atoms with E-state index < -0.39 is 24.2 Å². The van der Waals surface area contributed by atoms with Crippen molar-refractivity contribution in [3.05, 3.63) is 181 Å². The highest BCUT2D eigenvalue weighted by Gasteiger charge is 2.17. The van der Waals surface area contributed by atoms with Crippen LogP contribution in [0.2, 0.25) is 0 Å². The van der Waals surface area contributed by atoms with Gasteiger partial charge in [-0.15, -0.1) is 0 Å². The highest BCUT2D eigenvalue weighted by molar-refractivity contribution is 6.16. The summed E-state index contributed by atoms with van der Waals surface area (Å²) in [5.41, 5.74) is 4.10. The quantitative estimate of drug-likeness (QED) is 0.144. The van der Waals surface area contributed by atoms with Gasteiger partial charge in [0.25, 0.3) is 0 Å². The van der Waals surface area contributed by atoms with Crippen LogP contribution in [0.4, 0.5) is 0 Å². The Balaban J connectivity index is 1.45. The van der Waals surface area contributed by atoms with Crippen LogP contribution < -0.4 is 0 Å². The standard InChI is InChI=1S/C45H30/c1-3-18-35-30(13-1)15-12-26-36(35)32-16-11-17-33(27-32)45-42-24-9-7-22-40(42)44(41-23-8-10-25-43(41)45)29-34-28-31-14-2-4-19-37(31)39-21-6-5-20-38(34)39/h1-28H,29H2/i7D,8D,9D,10D,22D,23D,24D,25D. The molecule has 0 nitrogen and oxygen atoms in total. The first-order chi connectivity index (χ1) is 25.7. The zero-order chi connectivity index (χ0) is 36.7. The summed E-state index contributed by atoms with van der Waals surface area (Å²) in [7, 11) is 0. The van der Waals surface area contributed by atoms with E-state index in [9.17, 15) is 5.48 Å². The van der Waals surface area contributed by atoms with Gasteiger partial charge in [0, 0.05) is 0 Å². The number of hydrogen-bond acceptors (Lipinski definition) is 0. The molecular formula is C45H30. The molecule has 210 valence electrons. The lowest BCUT2D eigenvalue weighted by Crippen LogP contribution is -1.97. The Hall–Kier alpha value is -5.72. The Kier molecular flexibility index (Phi) is 4.38. The van der Waals surface area contributed by atoms with Crippen molar-refractivity contribution in [2.45, 2.75) is 6.42 Å². The zero-order valence-corrected chi connectivity index (χ0v) is 24.3. The van der Waals surface area contributed by atoms with Crippen LogP contribution in [0, 0.1) is 0 Å². The minimum absolute atomic E-state index is 0.166. The molecule has 0 atom stereocenters. The Morgan fingerprint density at radius 1 is 0.400 bits per heavy atom. The van der Waals surface area contributed by atoms with Crippen molar-refractivity contribution in [3.8, 4) is 22.3 Å². The third-order valence-electron chi connectivity index (χ3n) is 8.95. The fraction of sp³-hybridized carbons (Fsp3) is 0.0222. The van der Waals surface area contributed by atoms with Crippen molar-refractivity contribution in [2.24, 2.45) is 0 Å². The summed E-state index contributed by atoms with van der Waals surface area (Å²) in [4.78, 5) is 0. The van der Waals surface area contributed by atoms with Crippen LogP contribution in [0.15, 0.2) is 170 Å². The Morgan fingerprint density at radius 2 is 0.956 bits per heavy atom. The molecule has 0 aliphatic rings. The third-order valence-corrected chi connectivity index (χ3v) is 8.95. The topological polar surface area (TPSA) is 0 Å². The van der Waals surface area contributed by atoms with E-state index >= 15 is 0 Å². The first kappa shape index (κ1) is 18.8. The first-order valence-corrected chi connectivity index (χ1v) is 15.1. The molecule has 0 saturated heterocycles. The number of benzene rings is 9. The molecule has 0 aliphatic heterocycles. The van der Waals surface area contributed by atoms with E-state index in [0.717, 1.165) is 49.0 Å². The molecule has 9 rings (SSSR count). The average molecular weight is 579 g/mol. The van der Waals surface area contributed by atoms with Crippen LogP contribution in [0.5, 0.6) is 0 Å². The molecule has 0 amide bonds. The van der Waals surface area contributed by atoms with Crippen molar-refractivity contribution in [1.82, 2.24) is 0 Å². The van der Waals surface area contributed by atoms with Crippen LogP contribution in [-0.4, -0.2) is 0 Å². The SMILES string of the molecule is [2H]c1c([2H])c([2H])c2c(-c3cccc(-c4cccc5ccccc45)c3)c3c([2H])c([2H])c([2H])c([2H])c3c(Cc3cc4ccccc4c4ccccc34)c2c1[2H]. The molecule has 0 N–H and O–H groups in total. The monoisotopic (exact) mass is 578 g/mol. The first-order valence-electron chi connectivity index (χ1n) is 19.1. The lowest BCUT2D eigenvalue weighted by atomic mass is 9.84. The van der Waals surface area contributed by atoms with E-state index in [0.29, 0.717) is 16.7 Å². The lowest BCUT2D eigenvalue weighted by molar-refractivity contribution is 1.26. The van der Waals surface area contributed by atoms with Gasteiger partial charge >= 0.3 is 0 Å². The summed E-state index contributed by atoms with van der Waals surface area (Å²) in [6, 6.07) is 37.4. The van der Waals surface area contributed by atoms with Crippen molar-refractivity contribution >= 4 is 53.9 Å². The molecule has 0 heterocycles. The summed E-state index contributed by atoms with van der Waals surface area (Å²) in [5.74, 6) is 0. The molecule has 45 heavy (non-hydrogen) atoms. The van der Waals surface area contributed by atoms with E-state index in [1.54, 1.807) is 0 Å². The third kappa shape index (κ3) is 4.22. The molecule has 0 saturated carbocycles. The average Bonchev–Trinajstić information content (AvgIpc) is 3.19. The Bertz CT molecular complexity index is 2930. The van der Waals surface area contributed by atoms with Gasteiger partial charge in [0.05, 0.1) is 11.0 Å². The van der Waals surface area contributed by atoms with Gasteiger partial charge in [-0.3, -0.25) is 0 Å². The van der Waals surface area contributed by atoms with Crippen LogP contribution in [0.3, 0.4) is 0 Å². The molecule has 0 aliphatic carbocycles. The highest BCUT2D eigenvalue weighted by atomic mass is 14.2. The van der Waals surface area contributed by atoms with Crippen molar-refractivity contribution < 1.29 is 11.0 Å². The van der Waals surface area contributed by atoms with Gasteiger partial charge < -0.3 is 0 Å². The second-order valence-electron chi connectivity index (χ2n) is 11.4. The van der Waals surface area contributed by atoms with Crippen LogP contribution in [0.1, 0.15) is 22.1 Å². The fourth-order valence-electron chi connectivity index (χ4n) is 6.96. The normalized spacial score (nSPS) is 14.1. The van der Waals surface area contributed by atoms with E-state index in [-0.39, 0.29) is 52.1 Å². The minimum atomic E-state index is -0.406. The Labute approximate surface area is 274 Å². The minimum Gasteiger partial charge on any atom is -0.0616 e. The molecule has 0 spiro atoms. The second kappa shape index (κ2) is 10.5. The maximum atomic E-state index is 9.37. The molecule has 0 fully saturated rings. The largest absolute Gasteiger partial charge is 0.0629 e. The van der Waals surface area contributed by atoms with E-state index in [1.165, 1.54) is 0 Å². The zero-order valence-electron chi connectivity index (χ0n) is 32.3. The van der Waals surface area contributed by atoms with Crippen molar-refractivity contribution in [1.29, 1.82) is 0 Å². The van der Waals surface area contributed by atoms with Crippen molar-refractivity contribution in [3.63, 3.8) is 0 Å². The van der Waals surface area contributed by atoms with Gasteiger partial charge in [-0.1, -0.05) is 164 Å². The molecule has 0 aromatic heterocycles. The maximum Gasteiger partial charge on any atom is 0.0629 e. The summed E-state index contributed by atoms with van der Waals surface area (Å²) >= 11 is 0. The summed E-state index contributed by atoms with van der Waals surface area (Å²) in [6.07, 6.45) is 0.166. The number of fused-ring (bicyclic) bond motifs is 6. The molecule has 9 aromatic rings. The lowest BCUT2D eigenvalue weighted by Gasteiger charge is -2.19. The van der Waals surface area contributed by atoms with Crippen LogP contribution in [0.25, 0.3) is 76.1 Å². The van der Waals surface area contributed by atoms with E-state index in [2.05, 4.69) is 24.3 Å². The Morgan fingerprint density at radius 3 is 1.71 bits per heavy atom. The summed E-state index contributed by atoms with van der Waals surface area (Å²) in [6.45, 7) is 0.